The minimum atomic E-state index is -0.924. The number of hydrogen-bond acceptors (Lipinski definition) is 6. The molecular weight excluding hydrogens is 283 g/mol. The first kappa shape index (κ1) is 16.8. The van der Waals surface area contributed by atoms with Crippen LogP contribution in [0.3, 0.4) is 0 Å². The van der Waals surface area contributed by atoms with E-state index in [-0.39, 0.29) is 17.8 Å². The number of nitrogens with one attached hydrogen (secondary N) is 1. The van der Waals surface area contributed by atoms with Gasteiger partial charge < -0.3 is 15.4 Å². The molecule has 0 saturated carbocycles. The maximum absolute atomic E-state index is 13.5. The Morgan fingerprint density at radius 1 is 1.62 bits per heavy atom. The van der Waals surface area contributed by atoms with Crippen molar-refractivity contribution in [2.45, 2.75) is 19.4 Å². The van der Waals surface area contributed by atoms with E-state index in [0.717, 1.165) is 6.07 Å². The van der Waals surface area contributed by atoms with Crippen molar-refractivity contribution in [3.8, 4) is 0 Å². The largest absolute Gasteiger partial charge is 0.393 e. The summed E-state index contributed by atoms with van der Waals surface area (Å²) < 4.78 is 13.5. The van der Waals surface area contributed by atoms with Crippen molar-refractivity contribution < 1.29 is 19.2 Å². The Bertz CT molecular complexity index is 550. The van der Waals surface area contributed by atoms with Crippen LogP contribution in [0.15, 0.2) is 12.1 Å². The predicted octanol–water partition coefficient (Wildman–Crippen LogP) is 0.862. The van der Waals surface area contributed by atoms with Crippen LogP contribution in [-0.4, -0.2) is 40.5 Å². The van der Waals surface area contributed by atoms with Gasteiger partial charge in [-0.15, -0.1) is 0 Å². The van der Waals surface area contributed by atoms with Crippen LogP contribution in [0.1, 0.15) is 23.7 Å². The van der Waals surface area contributed by atoms with Crippen LogP contribution in [0.25, 0.3) is 0 Å². The fraction of sp³-hybridized carbons (Fsp3) is 0.417. The second kappa shape index (κ2) is 6.95. The molecular formula is C12H17FN4O4. The number of nitro benzene ring substituents is 1. The van der Waals surface area contributed by atoms with Gasteiger partial charge in [0.05, 0.1) is 22.8 Å². The van der Waals surface area contributed by atoms with Crippen LogP contribution in [0.2, 0.25) is 0 Å². The molecule has 1 atom stereocenters. The number of rotatable bonds is 6. The minimum absolute atomic E-state index is 0.205. The fourth-order valence-electron chi connectivity index (χ4n) is 1.68. The third-order valence-corrected chi connectivity index (χ3v) is 2.90. The lowest BCUT2D eigenvalue weighted by Crippen LogP contribution is -2.30. The Morgan fingerprint density at radius 2 is 2.24 bits per heavy atom. The number of carbonyl (C=O) groups excluding carboxylic acids is 1. The summed E-state index contributed by atoms with van der Waals surface area (Å²) in [6, 6.07) is 1.64. The summed E-state index contributed by atoms with van der Waals surface area (Å²) in [5, 5.41) is 20.1. The first-order valence-corrected chi connectivity index (χ1v) is 6.16. The summed E-state index contributed by atoms with van der Waals surface area (Å²) in [7, 11) is 1.44. The maximum atomic E-state index is 13.5. The Morgan fingerprint density at radius 3 is 2.71 bits per heavy atom. The quantitative estimate of drug-likeness (QED) is 0.407. The fourth-order valence-corrected chi connectivity index (χ4v) is 1.68. The van der Waals surface area contributed by atoms with E-state index >= 15 is 0 Å². The standard InChI is InChI=1S/C12H17FN4O4/c1-7(18)3-4-16(2)12(19)8-5-10(15-14)9(13)6-11(8)17(20)21/h5-7,15,18H,3-4,14H2,1-2H3. The summed E-state index contributed by atoms with van der Waals surface area (Å²) in [6.07, 6.45) is -0.288. The molecule has 8 nitrogen and oxygen atoms in total. The highest BCUT2D eigenvalue weighted by Gasteiger charge is 2.25. The molecule has 0 bridgehead atoms. The number of benzene rings is 1. The molecule has 0 aliphatic carbocycles. The monoisotopic (exact) mass is 300 g/mol. The van der Waals surface area contributed by atoms with Gasteiger partial charge in [-0.1, -0.05) is 0 Å². The number of halogens is 1. The Kier molecular flexibility index (Phi) is 5.56. The highest BCUT2D eigenvalue weighted by atomic mass is 19.1. The topological polar surface area (TPSA) is 122 Å². The molecule has 1 aromatic rings. The zero-order chi connectivity index (χ0) is 16.2. The van der Waals surface area contributed by atoms with Gasteiger partial charge in [-0.3, -0.25) is 20.8 Å². The van der Waals surface area contributed by atoms with E-state index in [1.54, 1.807) is 6.92 Å². The van der Waals surface area contributed by atoms with E-state index < -0.39 is 28.4 Å². The van der Waals surface area contributed by atoms with Crippen LogP contribution in [0, 0.1) is 15.9 Å². The van der Waals surface area contributed by atoms with Gasteiger partial charge >= 0.3 is 0 Å². The third kappa shape index (κ3) is 4.10. The Labute approximate surface area is 120 Å². The lowest BCUT2D eigenvalue weighted by molar-refractivity contribution is -0.385. The summed E-state index contributed by atoms with van der Waals surface area (Å²) in [5.41, 5.74) is 0.909. The summed E-state index contributed by atoms with van der Waals surface area (Å²) in [6.45, 7) is 1.77. The number of aliphatic hydroxyl groups excluding tert-OH is 1. The number of hydrogen-bond donors (Lipinski definition) is 3. The second-order valence-electron chi connectivity index (χ2n) is 4.62. The molecule has 0 aliphatic heterocycles. The van der Waals surface area contributed by atoms with Gasteiger partial charge in [0.15, 0.2) is 5.82 Å². The molecule has 0 aliphatic rings. The average Bonchev–Trinajstić information content (AvgIpc) is 2.43. The van der Waals surface area contributed by atoms with Crippen LogP contribution in [-0.2, 0) is 0 Å². The van der Waals surface area contributed by atoms with Crippen molar-refractivity contribution in [2.24, 2.45) is 5.84 Å². The van der Waals surface area contributed by atoms with Gasteiger partial charge in [-0.05, 0) is 19.4 Å². The molecule has 1 aromatic carbocycles. The number of hydrazine groups is 1. The van der Waals surface area contributed by atoms with Crippen LogP contribution >= 0.6 is 0 Å². The molecule has 9 heteroatoms. The van der Waals surface area contributed by atoms with Gasteiger partial charge in [0.1, 0.15) is 5.56 Å². The van der Waals surface area contributed by atoms with E-state index in [1.165, 1.54) is 11.9 Å². The molecule has 1 amide bonds. The first-order chi connectivity index (χ1) is 9.77. The highest BCUT2D eigenvalue weighted by Crippen LogP contribution is 2.26. The molecule has 0 fully saturated rings. The van der Waals surface area contributed by atoms with Crippen LogP contribution in [0.5, 0.6) is 0 Å². The van der Waals surface area contributed by atoms with Gasteiger partial charge in [0.2, 0.25) is 0 Å². The van der Waals surface area contributed by atoms with E-state index in [4.69, 9.17) is 5.84 Å². The molecule has 0 heterocycles. The molecule has 0 spiro atoms. The number of nitrogens with zero attached hydrogens (tertiary/aromatic N) is 2. The van der Waals surface area contributed by atoms with Gasteiger partial charge in [-0.2, -0.15) is 0 Å². The first-order valence-electron chi connectivity index (χ1n) is 6.16. The number of amides is 1. The predicted molar refractivity (Wildman–Crippen MR) is 74.1 cm³/mol. The van der Waals surface area contributed by atoms with E-state index in [9.17, 15) is 24.4 Å². The van der Waals surface area contributed by atoms with Gasteiger partial charge in [0.25, 0.3) is 11.6 Å². The third-order valence-electron chi connectivity index (χ3n) is 2.90. The summed E-state index contributed by atoms with van der Waals surface area (Å²) >= 11 is 0. The zero-order valence-corrected chi connectivity index (χ0v) is 11.7. The second-order valence-corrected chi connectivity index (χ2v) is 4.62. The SMILES string of the molecule is CC(O)CCN(C)C(=O)c1cc(NN)c(F)cc1[N+](=O)[O-]. The number of aliphatic hydroxyl groups is 1. The van der Waals surface area contributed by atoms with Crippen LogP contribution < -0.4 is 11.3 Å². The number of nitrogen functional groups attached to an aromatic ring is 1. The van der Waals surface area contributed by atoms with Gasteiger partial charge in [0, 0.05) is 13.6 Å². The maximum Gasteiger partial charge on any atom is 0.285 e. The van der Waals surface area contributed by atoms with Crippen molar-refractivity contribution in [1.29, 1.82) is 0 Å². The molecule has 4 N–H and O–H groups in total. The number of anilines is 1. The van der Waals surface area contributed by atoms with Gasteiger partial charge in [-0.25, -0.2) is 4.39 Å². The lowest BCUT2D eigenvalue weighted by atomic mass is 10.1. The molecule has 0 radical (unpaired) electrons. The average molecular weight is 300 g/mol. The van der Waals surface area contributed by atoms with Crippen molar-refractivity contribution in [1.82, 2.24) is 4.90 Å². The number of carbonyl (C=O) groups is 1. The summed E-state index contributed by atoms with van der Waals surface area (Å²) in [4.78, 5) is 23.5. The normalized spacial score (nSPS) is 11.9. The zero-order valence-electron chi connectivity index (χ0n) is 11.7. The van der Waals surface area contributed by atoms with E-state index in [1.807, 2.05) is 5.43 Å². The molecule has 1 rings (SSSR count). The Balaban J connectivity index is 3.14. The molecule has 1 unspecified atom stereocenters. The summed E-state index contributed by atoms with van der Waals surface area (Å²) in [5.74, 6) is 3.52. The minimum Gasteiger partial charge on any atom is -0.393 e. The highest BCUT2D eigenvalue weighted by molar-refractivity contribution is 5.99. The molecule has 0 aromatic heterocycles. The molecule has 0 saturated heterocycles. The van der Waals surface area contributed by atoms with Crippen molar-refractivity contribution >= 4 is 17.3 Å². The molecule has 116 valence electrons. The smallest absolute Gasteiger partial charge is 0.285 e. The Hall–Kier alpha value is -2.26. The van der Waals surface area contributed by atoms with Crippen molar-refractivity contribution in [2.75, 3.05) is 19.0 Å². The lowest BCUT2D eigenvalue weighted by Gasteiger charge is -2.18. The molecule has 21 heavy (non-hydrogen) atoms. The van der Waals surface area contributed by atoms with E-state index in [0.29, 0.717) is 12.5 Å². The number of nitrogens with two attached hydrogens (primary N) is 1. The van der Waals surface area contributed by atoms with E-state index in [2.05, 4.69) is 0 Å². The number of nitro groups is 1. The van der Waals surface area contributed by atoms with Crippen molar-refractivity contribution in [3.05, 3.63) is 33.6 Å². The van der Waals surface area contributed by atoms with Crippen LogP contribution in [0.4, 0.5) is 15.8 Å². The van der Waals surface area contributed by atoms with Crippen molar-refractivity contribution in [3.63, 3.8) is 0 Å².